The van der Waals surface area contributed by atoms with Crippen LogP contribution in [0.3, 0.4) is 0 Å². The monoisotopic (exact) mass is 455 g/mol. The van der Waals surface area contributed by atoms with E-state index < -0.39 is 0 Å². The minimum atomic E-state index is -0.344. The molecule has 0 bridgehead atoms. The number of hydrogen-bond donors (Lipinski definition) is 4. The van der Waals surface area contributed by atoms with Crippen LogP contribution in [0.2, 0.25) is 0 Å². The summed E-state index contributed by atoms with van der Waals surface area (Å²) in [5.41, 5.74) is 4.60. The fourth-order valence-electron chi connectivity index (χ4n) is 1.89. The second kappa shape index (κ2) is 8.16. The van der Waals surface area contributed by atoms with Gasteiger partial charge in [0.25, 0.3) is 5.91 Å². The number of nitrogens with one attached hydrogen (secondary N) is 2. The van der Waals surface area contributed by atoms with Gasteiger partial charge in [0, 0.05) is 20.6 Å². The quantitative estimate of drug-likeness (QED) is 0.409. The topological polar surface area (TPSA) is 94.0 Å². The second-order valence-corrected chi connectivity index (χ2v) is 6.70. The van der Waals surface area contributed by atoms with Gasteiger partial charge < -0.3 is 15.5 Å². The molecule has 0 aromatic heterocycles. The van der Waals surface area contributed by atoms with E-state index in [-0.39, 0.29) is 24.0 Å². The maximum Gasteiger partial charge on any atom is 0.259 e. The molecule has 2 aromatic carbocycles. The predicted octanol–water partition coefficient (Wildman–Crippen LogP) is 3.49. The highest BCUT2D eigenvalue weighted by atomic mass is 79.9. The van der Waals surface area contributed by atoms with E-state index in [1.54, 1.807) is 0 Å². The fraction of sp³-hybridized carbons (Fsp3) is 0.125. The first-order valence-electron chi connectivity index (χ1n) is 6.90. The zero-order valence-corrected chi connectivity index (χ0v) is 15.8. The fourth-order valence-corrected chi connectivity index (χ4v) is 3.59. The van der Waals surface area contributed by atoms with Crippen LogP contribution in [0.15, 0.2) is 44.4 Å². The van der Waals surface area contributed by atoms with E-state index in [1.165, 1.54) is 24.4 Å². The molecule has 0 radical (unpaired) electrons. The molecule has 0 saturated carbocycles. The molecule has 0 atom stereocenters. The Labute approximate surface area is 155 Å². The zero-order chi connectivity index (χ0) is 17.7. The van der Waals surface area contributed by atoms with Gasteiger partial charge in [-0.3, -0.25) is 4.79 Å². The van der Waals surface area contributed by atoms with Crippen LogP contribution in [-0.2, 0) is 4.79 Å². The third kappa shape index (κ3) is 4.97. The summed E-state index contributed by atoms with van der Waals surface area (Å²) in [7, 11) is 0. The lowest BCUT2D eigenvalue weighted by Crippen LogP contribution is -2.26. The molecule has 0 aliphatic carbocycles. The third-order valence-electron chi connectivity index (χ3n) is 3.02. The SMILES string of the molecule is Cc1cc(Br)c(NCC(=O)NN=Cc2ccc(O)cc2O)c(Br)c1. The summed E-state index contributed by atoms with van der Waals surface area (Å²) >= 11 is 6.89. The Hall–Kier alpha value is -2.06. The molecule has 0 unspecified atom stereocenters. The number of hydrogen-bond acceptors (Lipinski definition) is 5. The maximum atomic E-state index is 11.8. The number of anilines is 1. The molecule has 1 amide bonds. The number of aromatic hydroxyl groups is 2. The molecule has 0 saturated heterocycles. The van der Waals surface area contributed by atoms with Gasteiger partial charge >= 0.3 is 0 Å². The standard InChI is InChI=1S/C16H15Br2N3O3/c1-9-4-12(17)16(13(18)5-9)19-8-15(24)21-20-7-10-2-3-11(22)6-14(10)23/h2-7,19,22-23H,8H2,1H3,(H,21,24). The average Bonchev–Trinajstić information content (AvgIpc) is 2.48. The number of benzene rings is 2. The van der Waals surface area contributed by atoms with Crippen LogP contribution in [0.4, 0.5) is 5.69 Å². The van der Waals surface area contributed by atoms with Crippen molar-refractivity contribution in [3.05, 3.63) is 50.4 Å². The smallest absolute Gasteiger partial charge is 0.259 e. The number of amides is 1. The molecule has 4 N–H and O–H groups in total. The van der Waals surface area contributed by atoms with Crippen molar-refractivity contribution >= 4 is 49.7 Å². The Morgan fingerprint density at radius 2 is 1.88 bits per heavy atom. The zero-order valence-electron chi connectivity index (χ0n) is 12.7. The summed E-state index contributed by atoms with van der Waals surface area (Å²) in [5, 5.41) is 25.6. The molecule has 0 heterocycles. The number of nitrogens with zero attached hydrogens (tertiary/aromatic N) is 1. The minimum absolute atomic E-state index is 0.0269. The highest BCUT2D eigenvalue weighted by Crippen LogP contribution is 2.32. The number of halogens is 2. The van der Waals surface area contributed by atoms with Crippen molar-refractivity contribution in [1.82, 2.24) is 5.43 Å². The van der Waals surface area contributed by atoms with Gasteiger partial charge in [-0.05, 0) is 68.6 Å². The lowest BCUT2D eigenvalue weighted by atomic mass is 10.2. The van der Waals surface area contributed by atoms with Crippen molar-refractivity contribution < 1.29 is 15.0 Å². The number of phenols is 2. The second-order valence-electron chi connectivity index (χ2n) is 4.99. The van der Waals surface area contributed by atoms with E-state index >= 15 is 0 Å². The summed E-state index contributed by atoms with van der Waals surface area (Å²) in [6.07, 6.45) is 1.30. The van der Waals surface area contributed by atoms with Crippen molar-refractivity contribution in [1.29, 1.82) is 0 Å². The van der Waals surface area contributed by atoms with Crippen LogP contribution in [0.1, 0.15) is 11.1 Å². The van der Waals surface area contributed by atoms with Gasteiger partial charge in [0.15, 0.2) is 0 Å². The first kappa shape index (κ1) is 18.3. The van der Waals surface area contributed by atoms with Gasteiger partial charge in [0.05, 0.1) is 18.4 Å². The van der Waals surface area contributed by atoms with E-state index in [2.05, 4.69) is 47.7 Å². The van der Waals surface area contributed by atoms with Crippen molar-refractivity contribution in [2.45, 2.75) is 6.92 Å². The lowest BCUT2D eigenvalue weighted by molar-refractivity contribution is -0.119. The normalized spacial score (nSPS) is 10.8. The number of carbonyl (C=O) groups is 1. The highest BCUT2D eigenvalue weighted by Gasteiger charge is 2.08. The Kier molecular flexibility index (Phi) is 6.22. The van der Waals surface area contributed by atoms with Gasteiger partial charge in [-0.15, -0.1) is 0 Å². The third-order valence-corrected chi connectivity index (χ3v) is 4.27. The largest absolute Gasteiger partial charge is 0.508 e. The number of hydrazone groups is 1. The molecule has 0 fully saturated rings. The minimum Gasteiger partial charge on any atom is -0.508 e. The summed E-state index contributed by atoms with van der Waals surface area (Å²) in [4.78, 5) is 11.8. The van der Waals surface area contributed by atoms with Gasteiger partial charge in [-0.1, -0.05) is 0 Å². The number of rotatable bonds is 5. The van der Waals surface area contributed by atoms with E-state index in [0.29, 0.717) is 5.56 Å². The Balaban J connectivity index is 1.91. The molecule has 2 aromatic rings. The van der Waals surface area contributed by atoms with Crippen LogP contribution < -0.4 is 10.7 Å². The van der Waals surface area contributed by atoms with E-state index in [0.717, 1.165) is 20.2 Å². The van der Waals surface area contributed by atoms with Crippen LogP contribution >= 0.6 is 31.9 Å². The lowest BCUT2D eigenvalue weighted by Gasteiger charge is -2.11. The maximum absolute atomic E-state index is 11.8. The van der Waals surface area contributed by atoms with Crippen molar-refractivity contribution in [3.63, 3.8) is 0 Å². The first-order chi connectivity index (χ1) is 11.4. The molecule has 2 rings (SSSR count). The molecular formula is C16H15Br2N3O3. The molecule has 126 valence electrons. The van der Waals surface area contributed by atoms with E-state index in [1.807, 2.05) is 19.1 Å². The summed E-state index contributed by atoms with van der Waals surface area (Å²) < 4.78 is 1.69. The van der Waals surface area contributed by atoms with Crippen LogP contribution in [0.5, 0.6) is 11.5 Å². The molecule has 0 aliphatic rings. The molecule has 24 heavy (non-hydrogen) atoms. The molecular weight excluding hydrogens is 442 g/mol. The van der Waals surface area contributed by atoms with Crippen LogP contribution in [0, 0.1) is 6.92 Å². The predicted molar refractivity (Wildman–Crippen MR) is 101 cm³/mol. The highest BCUT2D eigenvalue weighted by molar-refractivity contribution is 9.11. The summed E-state index contributed by atoms with van der Waals surface area (Å²) in [6.45, 7) is 2.00. The Bertz CT molecular complexity index is 771. The van der Waals surface area contributed by atoms with Gasteiger partial charge in [0.2, 0.25) is 0 Å². The molecule has 8 heteroatoms. The molecule has 6 nitrogen and oxygen atoms in total. The van der Waals surface area contributed by atoms with Crippen molar-refractivity contribution in [3.8, 4) is 11.5 Å². The first-order valence-corrected chi connectivity index (χ1v) is 8.49. The number of phenolic OH excluding ortho intramolecular Hbond substituents is 2. The van der Waals surface area contributed by atoms with E-state index in [4.69, 9.17) is 0 Å². The van der Waals surface area contributed by atoms with Crippen LogP contribution in [-0.4, -0.2) is 28.9 Å². The van der Waals surface area contributed by atoms with Gasteiger partial charge in [-0.25, -0.2) is 5.43 Å². The molecule has 0 aliphatic heterocycles. The van der Waals surface area contributed by atoms with Crippen molar-refractivity contribution in [2.75, 3.05) is 11.9 Å². The Morgan fingerprint density at radius 1 is 1.21 bits per heavy atom. The Morgan fingerprint density at radius 3 is 2.50 bits per heavy atom. The van der Waals surface area contributed by atoms with Crippen LogP contribution in [0.25, 0.3) is 0 Å². The summed E-state index contributed by atoms with van der Waals surface area (Å²) in [6, 6.07) is 7.97. The summed E-state index contributed by atoms with van der Waals surface area (Å²) in [5.74, 6) is -0.519. The number of aryl methyl sites for hydroxylation is 1. The van der Waals surface area contributed by atoms with E-state index in [9.17, 15) is 15.0 Å². The molecule has 0 spiro atoms. The van der Waals surface area contributed by atoms with Gasteiger partial charge in [-0.2, -0.15) is 5.10 Å². The van der Waals surface area contributed by atoms with Crippen molar-refractivity contribution in [2.24, 2.45) is 5.10 Å². The number of carbonyl (C=O) groups excluding carboxylic acids is 1. The van der Waals surface area contributed by atoms with Gasteiger partial charge in [0.1, 0.15) is 11.5 Å². The average molecular weight is 457 g/mol.